The summed E-state index contributed by atoms with van der Waals surface area (Å²) in [4.78, 5) is 0. The molecule has 0 aromatic rings. The lowest BCUT2D eigenvalue weighted by atomic mass is 10.5. The van der Waals surface area contributed by atoms with E-state index in [-0.39, 0.29) is 0 Å². The van der Waals surface area contributed by atoms with Crippen molar-refractivity contribution in [2.45, 2.75) is 0 Å². The fraction of sp³-hybridized carbons (Fsp3) is 0.400. The lowest BCUT2D eigenvalue weighted by Gasteiger charge is -2.17. The molecule has 0 spiro atoms. The summed E-state index contributed by atoms with van der Waals surface area (Å²) in [7, 11) is 3.01. The van der Waals surface area contributed by atoms with Gasteiger partial charge in [0.1, 0.15) is 0 Å². The first-order chi connectivity index (χ1) is 5.27. The number of nitrogens with one attached hydrogen (secondary N) is 1. The molecule has 0 aromatic carbocycles. The summed E-state index contributed by atoms with van der Waals surface area (Å²) in [6, 6.07) is 0. The lowest BCUT2D eigenvalue weighted by molar-refractivity contribution is 0.256. The van der Waals surface area contributed by atoms with Gasteiger partial charge in [-0.2, -0.15) is 0 Å². The molecule has 0 fully saturated rings. The van der Waals surface area contributed by atoms with E-state index in [4.69, 9.17) is 21.3 Å². The van der Waals surface area contributed by atoms with E-state index in [9.17, 15) is 0 Å². The maximum absolute atomic E-state index is 5.47. The van der Waals surface area contributed by atoms with Gasteiger partial charge in [-0.1, -0.05) is 5.10 Å². The maximum atomic E-state index is 5.47. The standard InChI is InChI=1S/C5H8ClN3O2/c1-10-4-3-7-9(6)8-5(4)11-2/h3,7H,1-2H3. The van der Waals surface area contributed by atoms with Gasteiger partial charge in [0.25, 0.3) is 5.90 Å². The number of methoxy groups -OCH3 is 2. The summed E-state index contributed by atoms with van der Waals surface area (Å²) in [5.74, 6) is 0.839. The van der Waals surface area contributed by atoms with Gasteiger partial charge in [-0.25, -0.2) is 0 Å². The van der Waals surface area contributed by atoms with Crippen molar-refractivity contribution < 1.29 is 9.47 Å². The molecule has 62 valence electrons. The Morgan fingerprint density at radius 3 is 2.82 bits per heavy atom. The first-order valence-corrected chi connectivity index (χ1v) is 3.21. The predicted molar refractivity (Wildman–Crippen MR) is 40.4 cm³/mol. The number of hydrazone groups is 1. The highest BCUT2D eigenvalue weighted by molar-refractivity contribution is 6.13. The minimum absolute atomic E-state index is 0.334. The third-order valence-electron chi connectivity index (χ3n) is 1.10. The molecule has 1 N–H and O–H groups in total. The summed E-state index contributed by atoms with van der Waals surface area (Å²) < 4.78 is 10.8. The molecule has 0 amide bonds. The number of halogens is 1. The third kappa shape index (κ3) is 1.68. The number of hydrogen-bond acceptors (Lipinski definition) is 5. The Balaban J connectivity index is 2.74. The van der Waals surface area contributed by atoms with E-state index in [1.165, 1.54) is 14.2 Å². The minimum atomic E-state index is 0.334. The Bertz CT molecular complexity index is 204. The molecule has 0 radical (unpaired) electrons. The van der Waals surface area contributed by atoms with E-state index in [1.54, 1.807) is 6.20 Å². The number of nitrogens with zero attached hydrogens (tertiary/aromatic N) is 2. The highest BCUT2D eigenvalue weighted by Crippen LogP contribution is 2.07. The van der Waals surface area contributed by atoms with Crippen LogP contribution >= 0.6 is 11.8 Å². The number of ether oxygens (including phenoxy) is 2. The molecule has 1 rings (SSSR count). The summed E-state index contributed by atoms with van der Waals surface area (Å²) >= 11 is 5.47. The van der Waals surface area contributed by atoms with Gasteiger partial charge in [-0.05, 0) is 0 Å². The fourth-order valence-corrected chi connectivity index (χ4v) is 0.737. The molecular formula is C5H8ClN3O2. The van der Waals surface area contributed by atoms with Crippen LogP contribution < -0.4 is 5.43 Å². The Morgan fingerprint density at radius 1 is 1.55 bits per heavy atom. The molecule has 1 aliphatic rings. The molecule has 0 saturated heterocycles. The molecule has 1 aliphatic heterocycles. The van der Waals surface area contributed by atoms with E-state index >= 15 is 0 Å². The largest absolute Gasteiger partial charge is 0.490 e. The second kappa shape index (κ2) is 3.34. The molecule has 6 heteroatoms. The van der Waals surface area contributed by atoms with Gasteiger partial charge in [-0.3, -0.25) is 5.43 Å². The van der Waals surface area contributed by atoms with Gasteiger partial charge in [0, 0.05) is 0 Å². The molecule has 5 nitrogen and oxygen atoms in total. The average Bonchev–Trinajstić information content (AvgIpc) is 2.04. The van der Waals surface area contributed by atoms with Crippen LogP contribution in [0.2, 0.25) is 0 Å². The van der Waals surface area contributed by atoms with Crippen molar-refractivity contribution in [3.8, 4) is 0 Å². The SMILES string of the molecule is COC1=CNN(Cl)N=C1OC. The second-order valence-corrected chi connectivity index (χ2v) is 2.03. The van der Waals surface area contributed by atoms with E-state index in [0.717, 1.165) is 4.64 Å². The lowest BCUT2D eigenvalue weighted by Crippen LogP contribution is -2.28. The van der Waals surface area contributed by atoms with Crippen LogP contribution in [0.15, 0.2) is 17.1 Å². The Labute approximate surface area is 69.3 Å². The zero-order chi connectivity index (χ0) is 8.27. The van der Waals surface area contributed by atoms with Crippen molar-refractivity contribution in [2.24, 2.45) is 5.10 Å². The maximum Gasteiger partial charge on any atom is 0.278 e. The van der Waals surface area contributed by atoms with Crippen molar-refractivity contribution in [1.29, 1.82) is 0 Å². The third-order valence-corrected chi connectivity index (χ3v) is 1.28. The predicted octanol–water partition coefficient (Wildman–Crippen LogP) is 0.408. The van der Waals surface area contributed by atoms with Crippen molar-refractivity contribution in [3.05, 3.63) is 12.0 Å². The van der Waals surface area contributed by atoms with Crippen molar-refractivity contribution in [2.75, 3.05) is 14.2 Å². The van der Waals surface area contributed by atoms with Gasteiger partial charge in [0.2, 0.25) is 5.76 Å². The number of hydrazine groups is 1. The topological polar surface area (TPSA) is 46.1 Å². The van der Waals surface area contributed by atoms with E-state index in [0.29, 0.717) is 11.7 Å². The smallest absolute Gasteiger partial charge is 0.278 e. The zero-order valence-electron chi connectivity index (χ0n) is 6.17. The molecular weight excluding hydrogens is 170 g/mol. The molecule has 0 aliphatic carbocycles. The molecule has 0 saturated carbocycles. The van der Waals surface area contributed by atoms with Crippen LogP contribution in [0.4, 0.5) is 0 Å². The number of hydrogen-bond donors (Lipinski definition) is 1. The van der Waals surface area contributed by atoms with Gasteiger partial charge < -0.3 is 9.47 Å². The van der Waals surface area contributed by atoms with E-state index < -0.39 is 0 Å². The first-order valence-electron chi connectivity index (χ1n) is 2.87. The summed E-state index contributed by atoms with van der Waals surface area (Å²) in [5, 5.41) is 3.74. The molecule has 0 atom stereocenters. The van der Waals surface area contributed by atoms with Gasteiger partial charge in [-0.15, -0.1) is 4.64 Å². The highest BCUT2D eigenvalue weighted by atomic mass is 35.5. The minimum Gasteiger partial charge on any atom is -0.490 e. The van der Waals surface area contributed by atoms with Crippen LogP contribution in [-0.4, -0.2) is 24.8 Å². The number of rotatable bonds is 1. The zero-order valence-corrected chi connectivity index (χ0v) is 6.92. The molecule has 0 unspecified atom stereocenters. The monoisotopic (exact) mass is 177 g/mol. The normalized spacial score (nSPS) is 16.5. The molecule has 11 heavy (non-hydrogen) atoms. The van der Waals surface area contributed by atoms with Crippen molar-refractivity contribution in [1.82, 2.24) is 10.1 Å². The fourth-order valence-electron chi connectivity index (χ4n) is 0.619. The second-order valence-electron chi connectivity index (χ2n) is 1.71. The quantitative estimate of drug-likeness (QED) is 0.590. The van der Waals surface area contributed by atoms with Crippen LogP contribution in [0, 0.1) is 0 Å². The van der Waals surface area contributed by atoms with Gasteiger partial charge >= 0.3 is 0 Å². The highest BCUT2D eigenvalue weighted by Gasteiger charge is 2.14. The summed E-state index contributed by atoms with van der Waals surface area (Å²) in [6.45, 7) is 0. The van der Waals surface area contributed by atoms with Crippen LogP contribution in [0.5, 0.6) is 0 Å². The van der Waals surface area contributed by atoms with Crippen LogP contribution in [-0.2, 0) is 9.47 Å². The van der Waals surface area contributed by atoms with Gasteiger partial charge in [0.15, 0.2) is 0 Å². The van der Waals surface area contributed by atoms with Crippen LogP contribution in [0.1, 0.15) is 0 Å². The Hall–Kier alpha value is -1.10. The van der Waals surface area contributed by atoms with Crippen molar-refractivity contribution >= 4 is 17.7 Å². The molecule has 0 aromatic heterocycles. The Kier molecular flexibility index (Phi) is 2.43. The molecule has 1 heterocycles. The average molecular weight is 178 g/mol. The summed E-state index contributed by atoms with van der Waals surface area (Å²) in [5.41, 5.74) is 2.59. The van der Waals surface area contributed by atoms with E-state index in [2.05, 4.69) is 10.5 Å². The summed E-state index contributed by atoms with van der Waals surface area (Å²) in [6.07, 6.45) is 1.54. The van der Waals surface area contributed by atoms with Crippen LogP contribution in [0.25, 0.3) is 0 Å². The first kappa shape index (κ1) is 8.00. The van der Waals surface area contributed by atoms with E-state index in [1.807, 2.05) is 0 Å². The van der Waals surface area contributed by atoms with Crippen LogP contribution in [0.3, 0.4) is 0 Å². The van der Waals surface area contributed by atoms with Crippen molar-refractivity contribution in [3.63, 3.8) is 0 Å². The van der Waals surface area contributed by atoms with Gasteiger partial charge in [0.05, 0.1) is 32.2 Å². The Morgan fingerprint density at radius 2 is 2.27 bits per heavy atom. The molecule has 0 bridgehead atoms.